The van der Waals surface area contributed by atoms with Gasteiger partial charge in [0, 0.05) is 12.8 Å². The summed E-state index contributed by atoms with van der Waals surface area (Å²) in [5, 5.41) is 23.3. The van der Waals surface area contributed by atoms with Crippen molar-refractivity contribution in [1.29, 1.82) is 0 Å². The minimum atomic E-state index is -0.846. The van der Waals surface area contributed by atoms with Crippen LogP contribution >= 0.6 is 0 Å². The zero-order valence-corrected chi connectivity index (χ0v) is 64.2. The van der Waals surface area contributed by atoms with E-state index in [1.54, 1.807) is 6.08 Å². The standard InChI is InChI=1S/C89H167NO5/c1-3-5-7-9-11-13-15-17-19-21-23-24-25-39-42-46-49-53-57-61-65-69-73-77-81-87(92)86(85-91)90-88(93)82-78-74-70-66-62-58-54-50-47-43-40-37-35-33-31-29-27-26-28-30-32-34-36-38-41-44-48-52-56-60-64-68-72-76-80-84-95-89(94)83-79-75-71-67-63-59-55-51-45-22-20-18-16-14-12-10-8-6-4-2/h12,14,18,20,28,30,34,36,77,81,86-87,91-92H,3-11,13,15-17,19,21-27,29,31-33,35,37-76,78-80,82-85H2,1-2H3,(H,90,93)/b14-12-,20-18-,30-28-,36-34-,81-77+. The summed E-state index contributed by atoms with van der Waals surface area (Å²) in [4.78, 5) is 24.7. The van der Waals surface area contributed by atoms with Crippen LogP contribution < -0.4 is 5.32 Å². The third kappa shape index (κ3) is 80.4. The molecule has 0 rings (SSSR count). The van der Waals surface area contributed by atoms with Gasteiger partial charge in [0.15, 0.2) is 0 Å². The molecule has 0 aromatic rings. The van der Waals surface area contributed by atoms with Crippen LogP contribution in [0.5, 0.6) is 0 Å². The van der Waals surface area contributed by atoms with Crippen molar-refractivity contribution in [1.82, 2.24) is 5.32 Å². The van der Waals surface area contributed by atoms with Crippen LogP contribution in [0.1, 0.15) is 470 Å². The van der Waals surface area contributed by atoms with E-state index < -0.39 is 12.1 Å². The van der Waals surface area contributed by atoms with Crippen LogP contribution in [0.25, 0.3) is 0 Å². The first-order chi connectivity index (χ1) is 47.0. The minimum Gasteiger partial charge on any atom is -0.466 e. The first-order valence-electron chi connectivity index (χ1n) is 43.1. The van der Waals surface area contributed by atoms with Crippen LogP contribution in [-0.2, 0) is 14.3 Å². The fourth-order valence-electron chi connectivity index (χ4n) is 13.5. The Morgan fingerprint density at radius 1 is 0.295 bits per heavy atom. The molecule has 0 fully saturated rings. The number of unbranched alkanes of at least 4 members (excludes halogenated alkanes) is 62. The van der Waals surface area contributed by atoms with Gasteiger partial charge in [-0.25, -0.2) is 0 Å². The topological polar surface area (TPSA) is 95.9 Å². The molecule has 3 N–H and O–H groups in total. The van der Waals surface area contributed by atoms with E-state index in [-0.39, 0.29) is 18.5 Å². The molecule has 0 aliphatic heterocycles. The molecule has 558 valence electrons. The maximum absolute atomic E-state index is 12.6. The van der Waals surface area contributed by atoms with E-state index in [1.165, 1.54) is 385 Å². The lowest BCUT2D eigenvalue weighted by molar-refractivity contribution is -0.143. The lowest BCUT2D eigenvalue weighted by atomic mass is 10.0. The second kappa shape index (κ2) is 84.0. The third-order valence-corrected chi connectivity index (χ3v) is 20.0. The van der Waals surface area contributed by atoms with Gasteiger partial charge in [-0.1, -0.05) is 421 Å². The van der Waals surface area contributed by atoms with Crippen LogP contribution in [-0.4, -0.2) is 47.4 Å². The van der Waals surface area contributed by atoms with Crippen LogP contribution in [0.2, 0.25) is 0 Å². The fourth-order valence-corrected chi connectivity index (χ4v) is 13.5. The molecule has 0 aliphatic rings. The molecule has 0 bridgehead atoms. The molecule has 0 aromatic carbocycles. The number of aliphatic hydroxyl groups excluding tert-OH is 2. The van der Waals surface area contributed by atoms with Crippen molar-refractivity contribution in [2.45, 2.75) is 482 Å². The predicted molar refractivity (Wildman–Crippen MR) is 421 cm³/mol. The molecular formula is C89H167NO5. The van der Waals surface area contributed by atoms with Crippen molar-refractivity contribution >= 4 is 11.9 Å². The zero-order chi connectivity index (χ0) is 68.4. The average Bonchev–Trinajstić information content (AvgIpc) is 2.97. The van der Waals surface area contributed by atoms with Crippen LogP contribution in [0.3, 0.4) is 0 Å². The van der Waals surface area contributed by atoms with Crippen molar-refractivity contribution in [3.63, 3.8) is 0 Å². The van der Waals surface area contributed by atoms with Gasteiger partial charge in [0.25, 0.3) is 0 Å². The van der Waals surface area contributed by atoms with E-state index in [4.69, 9.17) is 4.74 Å². The summed E-state index contributed by atoms with van der Waals surface area (Å²) < 4.78 is 5.51. The molecular weight excluding hydrogens is 1160 g/mol. The van der Waals surface area contributed by atoms with E-state index in [9.17, 15) is 19.8 Å². The summed E-state index contributed by atoms with van der Waals surface area (Å²) in [6.45, 7) is 4.93. The number of rotatable bonds is 81. The summed E-state index contributed by atoms with van der Waals surface area (Å²) in [6.07, 6.45) is 114. The molecule has 6 heteroatoms. The Kier molecular flexibility index (Phi) is 81.8. The number of esters is 1. The highest BCUT2D eigenvalue weighted by Gasteiger charge is 2.18. The zero-order valence-electron chi connectivity index (χ0n) is 64.2. The van der Waals surface area contributed by atoms with Crippen molar-refractivity contribution in [2.24, 2.45) is 0 Å². The predicted octanol–water partition coefficient (Wildman–Crippen LogP) is 28.9. The van der Waals surface area contributed by atoms with E-state index in [0.29, 0.717) is 19.4 Å². The normalized spacial score (nSPS) is 12.8. The summed E-state index contributed by atoms with van der Waals surface area (Å²) >= 11 is 0. The van der Waals surface area contributed by atoms with Gasteiger partial charge in [-0.3, -0.25) is 9.59 Å². The Bertz CT molecular complexity index is 1630. The number of allylic oxidation sites excluding steroid dienone is 9. The Morgan fingerprint density at radius 3 is 0.821 bits per heavy atom. The van der Waals surface area contributed by atoms with E-state index >= 15 is 0 Å². The molecule has 0 saturated carbocycles. The van der Waals surface area contributed by atoms with E-state index in [1.807, 2.05) is 6.08 Å². The molecule has 0 saturated heterocycles. The Morgan fingerprint density at radius 2 is 0.526 bits per heavy atom. The minimum absolute atomic E-state index is 0.0133. The number of hydrogen-bond donors (Lipinski definition) is 3. The number of carbonyl (C=O) groups is 2. The van der Waals surface area contributed by atoms with Gasteiger partial charge < -0.3 is 20.3 Å². The number of nitrogens with one attached hydrogen (secondary N) is 1. The summed E-state index contributed by atoms with van der Waals surface area (Å²) in [5.41, 5.74) is 0. The number of carbonyl (C=O) groups excluding carboxylic acids is 2. The summed E-state index contributed by atoms with van der Waals surface area (Å²) in [5.74, 6) is -0.0476. The quantitative estimate of drug-likeness (QED) is 0.0320. The van der Waals surface area contributed by atoms with E-state index in [2.05, 4.69) is 67.8 Å². The number of hydrogen-bond acceptors (Lipinski definition) is 5. The highest BCUT2D eigenvalue weighted by molar-refractivity contribution is 5.76. The Labute approximate surface area is 594 Å². The molecule has 0 aromatic heterocycles. The molecule has 0 aliphatic carbocycles. The van der Waals surface area contributed by atoms with Crippen LogP contribution in [0.4, 0.5) is 0 Å². The summed E-state index contributed by atoms with van der Waals surface area (Å²) in [7, 11) is 0. The van der Waals surface area contributed by atoms with Crippen molar-refractivity contribution in [3.8, 4) is 0 Å². The van der Waals surface area contributed by atoms with Gasteiger partial charge in [0.2, 0.25) is 5.91 Å². The summed E-state index contributed by atoms with van der Waals surface area (Å²) in [6, 6.07) is -0.629. The van der Waals surface area contributed by atoms with Gasteiger partial charge >= 0.3 is 5.97 Å². The number of aliphatic hydroxyl groups is 2. The molecule has 0 radical (unpaired) electrons. The SMILES string of the molecule is CCCCC/C=C\C/C=C\CCCCCCCCCCCC(=O)OCCCCCCCCCCCCC/C=C\C/C=C\CCCCCCCCCCCCCCCCCCCC(=O)NC(CO)C(O)/C=C/CCCCCCCCCCCCCCCCCCCCCCCC. The van der Waals surface area contributed by atoms with Crippen molar-refractivity contribution in [3.05, 3.63) is 60.8 Å². The lowest BCUT2D eigenvalue weighted by Crippen LogP contribution is -2.45. The Balaban J connectivity index is 3.39. The number of amides is 1. The number of ether oxygens (including phenoxy) is 1. The molecule has 0 spiro atoms. The lowest BCUT2D eigenvalue weighted by Gasteiger charge is -2.20. The second-order valence-corrected chi connectivity index (χ2v) is 29.5. The average molecular weight is 1330 g/mol. The highest BCUT2D eigenvalue weighted by Crippen LogP contribution is 2.20. The van der Waals surface area contributed by atoms with E-state index in [0.717, 1.165) is 57.8 Å². The van der Waals surface area contributed by atoms with Crippen molar-refractivity contribution in [2.75, 3.05) is 13.2 Å². The first-order valence-corrected chi connectivity index (χ1v) is 43.1. The maximum atomic E-state index is 12.6. The molecule has 0 heterocycles. The smallest absolute Gasteiger partial charge is 0.305 e. The molecule has 2 atom stereocenters. The van der Waals surface area contributed by atoms with Gasteiger partial charge in [0.05, 0.1) is 25.4 Å². The fraction of sp³-hybridized carbons (Fsp3) is 0.865. The first kappa shape index (κ1) is 92.6. The van der Waals surface area contributed by atoms with Crippen LogP contribution in [0.15, 0.2) is 60.8 Å². The largest absolute Gasteiger partial charge is 0.466 e. The maximum Gasteiger partial charge on any atom is 0.305 e. The van der Waals surface area contributed by atoms with Gasteiger partial charge in [-0.15, -0.1) is 0 Å². The van der Waals surface area contributed by atoms with Crippen LogP contribution in [0, 0.1) is 0 Å². The van der Waals surface area contributed by atoms with Gasteiger partial charge in [0.1, 0.15) is 0 Å². The highest BCUT2D eigenvalue weighted by atomic mass is 16.5. The molecule has 1 amide bonds. The van der Waals surface area contributed by atoms with Crippen molar-refractivity contribution < 1.29 is 24.5 Å². The second-order valence-electron chi connectivity index (χ2n) is 29.5. The molecule has 2 unspecified atom stereocenters. The van der Waals surface area contributed by atoms with Gasteiger partial charge in [-0.2, -0.15) is 0 Å². The Hall–Kier alpha value is -2.44. The monoisotopic (exact) mass is 1330 g/mol. The molecule has 6 nitrogen and oxygen atoms in total. The van der Waals surface area contributed by atoms with Gasteiger partial charge in [-0.05, 0) is 96.3 Å². The molecule has 95 heavy (non-hydrogen) atoms. The third-order valence-electron chi connectivity index (χ3n) is 20.0.